The molecule has 1 N–H and O–H groups in total. The van der Waals surface area contributed by atoms with Crippen molar-refractivity contribution >= 4 is 0 Å². The Morgan fingerprint density at radius 3 is 0.879 bits per heavy atom. The molecule has 0 aliphatic carbocycles. The van der Waals surface area contributed by atoms with Gasteiger partial charge in [0.15, 0.2) is 0 Å². The highest BCUT2D eigenvalue weighted by Gasteiger charge is 2.20. The first-order valence-corrected chi connectivity index (χ1v) is 30.5. The minimum Gasteiger partial charge on any atom is -0.316 e. The summed E-state index contributed by atoms with van der Waals surface area (Å²) < 4.78 is 0. The van der Waals surface area contributed by atoms with Crippen LogP contribution in [0.25, 0.3) is 0 Å². The van der Waals surface area contributed by atoms with Crippen LogP contribution >= 0.6 is 0 Å². The van der Waals surface area contributed by atoms with Crippen LogP contribution in [0.5, 0.6) is 0 Å². The largest absolute Gasteiger partial charge is 0.316 e. The Labute approximate surface area is 425 Å². The Morgan fingerprint density at radius 2 is 0.682 bits per heavy atom. The minimum absolute atomic E-state index is 0.667. The van der Waals surface area contributed by atoms with E-state index in [0.717, 1.165) is 35.5 Å². The van der Waals surface area contributed by atoms with Crippen LogP contribution in [0.15, 0.2) is 22.8 Å². The summed E-state index contributed by atoms with van der Waals surface area (Å²) in [5.74, 6) is 5.57. The topological polar surface area (TPSA) is 15.3 Å². The zero-order valence-electron chi connectivity index (χ0n) is 51.5. The molecular formula is C64H138N2. The molecule has 0 aromatic heterocycles. The van der Waals surface area contributed by atoms with E-state index in [1.807, 2.05) is 0 Å². The van der Waals surface area contributed by atoms with Crippen LogP contribution in [0.3, 0.4) is 0 Å². The van der Waals surface area contributed by atoms with Gasteiger partial charge in [-0.3, -0.25) is 0 Å². The van der Waals surface area contributed by atoms with Gasteiger partial charge >= 0.3 is 0 Å². The second kappa shape index (κ2) is 58.7. The Kier molecular flexibility index (Phi) is 68.4. The predicted octanol–water partition coefficient (Wildman–Crippen LogP) is 22.6. The lowest BCUT2D eigenvalue weighted by atomic mass is 9.78. The summed E-state index contributed by atoms with van der Waals surface area (Å²) in [7, 11) is 0. The van der Waals surface area contributed by atoms with Crippen LogP contribution in [0.1, 0.15) is 320 Å². The predicted molar refractivity (Wildman–Crippen MR) is 315 cm³/mol. The van der Waals surface area contributed by atoms with Crippen LogP contribution in [0.4, 0.5) is 0 Å². The molecule has 0 aliphatic rings. The van der Waals surface area contributed by atoms with Gasteiger partial charge in [-0.2, -0.15) is 0 Å². The fourth-order valence-corrected chi connectivity index (χ4v) is 9.36. The van der Waals surface area contributed by atoms with Crippen molar-refractivity contribution in [3.05, 3.63) is 22.8 Å². The quantitative estimate of drug-likeness (QED) is 0.0647. The molecule has 0 rings (SSSR count). The summed E-state index contributed by atoms with van der Waals surface area (Å²) in [6.07, 6.45) is 34.0. The van der Waals surface area contributed by atoms with E-state index < -0.39 is 0 Å². The number of rotatable bonds is 34. The van der Waals surface area contributed by atoms with E-state index in [9.17, 15) is 0 Å². The molecule has 2 heteroatoms. The smallest absolute Gasteiger partial charge is 0.000922 e. The number of hydrogen-bond acceptors (Lipinski definition) is 2. The third kappa shape index (κ3) is 44.6. The second-order valence-corrected chi connectivity index (χ2v) is 19.8. The molecule has 404 valence electrons. The third-order valence-electron chi connectivity index (χ3n) is 16.6. The van der Waals surface area contributed by atoms with E-state index in [0.29, 0.717) is 5.41 Å². The molecule has 0 bridgehead atoms. The van der Waals surface area contributed by atoms with E-state index >= 15 is 0 Å². The Balaban J connectivity index is -0.000000164. The van der Waals surface area contributed by atoms with Gasteiger partial charge in [0, 0.05) is 6.54 Å². The summed E-state index contributed by atoms with van der Waals surface area (Å²) in [6.45, 7) is 60.9. The third-order valence-corrected chi connectivity index (χ3v) is 16.6. The SMILES string of the molecule is CCC(CC)(CC)CC.CCC(CC)=C(CC)CC.CCC(CC)CC(CC)CC.CCC(CC)CN(CC)CC.CCC(CC)CNCC(CC)CC.CCC=C(CC)CC(CC)CC. The lowest BCUT2D eigenvalue weighted by Gasteiger charge is -2.28. The molecular weight excluding hydrogens is 797 g/mol. The van der Waals surface area contributed by atoms with Crippen molar-refractivity contribution in [1.29, 1.82) is 0 Å². The molecule has 0 amide bonds. The maximum absolute atomic E-state index is 3.59. The van der Waals surface area contributed by atoms with E-state index in [1.54, 1.807) is 16.7 Å². The minimum atomic E-state index is 0.667. The fourth-order valence-electron chi connectivity index (χ4n) is 9.36. The first-order chi connectivity index (χ1) is 31.6. The molecule has 0 aliphatic heterocycles. The van der Waals surface area contributed by atoms with Crippen LogP contribution in [0, 0.1) is 40.9 Å². The van der Waals surface area contributed by atoms with E-state index in [2.05, 4.69) is 182 Å². The summed E-state index contributed by atoms with van der Waals surface area (Å²) in [4.78, 5) is 2.51. The zero-order chi connectivity index (χ0) is 52.2. The van der Waals surface area contributed by atoms with Gasteiger partial charge in [0.05, 0.1) is 0 Å². The van der Waals surface area contributed by atoms with E-state index in [4.69, 9.17) is 0 Å². The van der Waals surface area contributed by atoms with Gasteiger partial charge in [0.25, 0.3) is 0 Å². The maximum Gasteiger partial charge on any atom is 0.000922 e. The molecule has 0 saturated heterocycles. The van der Waals surface area contributed by atoms with E-state index in [1.165, 1.54) is 187 Å². The van der Waals surface area contributed by atoms with Gasteiger partial charge in [-0.1, -0.05) is 292 Å². The van der Waals surface area contributed by atoms with Crippen LogP contribution in [0.2, 0.25) is 0 Å². The van der Waals surface area contributed by atoms with Crippen LogP contribution < -0.4 is 5.32 Å². The summed E-state index contributed by atoms with van der Waals surface area (Å²) in [5.41, 5.74) is 5.67. The normalized spacial score (nSPS) is 11.5. The summed E-state index contributed by atoms with van der Waals surface area (Å²) >= 11 is 0. The van der Waals surface area contributed by atoms with Crippen LogP contribution in [-0.4, -0.2) is 37.6 Å². The van der Waals surface area contributed by atoms with Crippen molar-refractivity contribution < 1.29 is 0 Å². The number of hydrogen-bond donors (Lipinski definition) is 1. The molecule has 0 atom stereocenters. The van der Waals surface area contributed by atoms with Gasteiger partial charge in [0.1, 0.15) is 0 Å². The maximum atomic E-state index is 3.59. The molecule has 0 heterocycles. The average molecular weight is 936 g/mol. The molecule has 0 saturated carbocycles. The van der Waals surface area contributed by atoms with Crippen molar-refractivity contribution in [1.82, 2.24) is 10.2 Å². The molecule has 2 nitrogen and oxygen atoms in total. The molecule has 66 heavy (non-hydrogen) atoms. The lowest BCUT2D eigenvalue weighted by molar-refractivity contribution is 0.240. The highest BCUT2D eigenvalue weighted by molar-refractivity contribution is 5.12. The number of nitrogens with one attached hydrogen (secondary N) is 1. The van der Waals surface area contributed by atoms with Gasteiger partial charge in [-0.25, -0.2) is 0 Å². The first-order valence-electron chi connectivity index (χ1n) is 30.5. The Morgan fingerprint density at radius 1 is 0.379 bits per heavy atom. The second-order valence-electron chi connectivity index (χ2n) is 19.8. The van der Waals surface area contributed by atoms with Gasteiger partial charge < -0.3 is 10.2 Å². The Hall–Kier alpha value is -0.600. The molecule has 0 aromatic rings. The highest BCUT2D eigenvalue weighted by Crippen LogP contribution is 2.33. The summed E-state index contributed by atoms with van der Waals surface area (Å²) in [5, 5.41) is 3.59. The zero-order valence-corrected chi connectivity index (χ0v) is 51.5. The fraction of sp³-hybridized carbons (Fsp3) is 0.938. The lowest BCUT2D eigenvalue weighted by Crippen LogP contribution is -2.28. The molecule has 0 radical (unpaired) electrons. The molecule has 0 spiro atoms. The Bertz CT molecular complexity index is 817. The highest BCUT2D eigenvalue weighted by atomic mass is 15.1. The van der Waals surface area contributed by atoms with Crippen molar-refractivity contribution in [2.75, 3.05) is 32.7 Å². The van der Waals surface area contributed by atoms with Gasteiger partial charge in [0.2, 0.25) is 0 Å². The van der Waals surface area contributed by atoms with Gasteiger partial charge in [-0.15, -0.1) is 0 Å². The number of allylic oxidation sites excluding steroid dienone is 4. The molecule has 0 unspecified atom stereocenters. The number of nitrogens with zero attached hydrogens (tertiary/aromatic N) is 1. The molecule has 0 aromatic carbocycles. The monoisotopic (exact) mass is 935 g/mol. The standard InChI is InChI=1S/C12H27N.C12H24.C11H24.C10H23N.C10H20.C9H20/c1-5-11(6-2)9-13-10-12(7-3)8-4;1-5-9-12(8-4)10-11(6-2)7-3;2*1-5-10(6-2)9-11(7-3)8-4;1-5-9(6-2)10(7-3)8-4;1-5-9(6-2,7-3)8-4/h11-13H,5-10H2,1-4H3;9,11H,5-8,10H2,1-4H3;10-11H,5-9H2,1-4H3;10H,5-9H2,1-4H3;5-8H2,1-4H3;5-8H2,1-4H3. The summed E-state index contributed by atoms with van der Waals surface area (Å²) in [6, 6.07) is 0. The van der Waals surface area contributed by atoms with Crippen LogP contribution in [-0.2, 0) is 0 Å². The van der Waals surface area contributed by atoms with Crippen molar-refractivity contribution in [3.63, 3.8) is 0 Å². The van der Waals surface area contributed by atoms with Crippen molar-refractivity contribution in [2.24, 2.45) is 40.9 Å². The van der Waals surface area contributed by atoms with E-state index in [-0.39, 0.29) is 0 Å². The average Bonchev–Trinajstić information content (AvgIpc) is 3.37. The van der Waals surface area contributed by atoms with Gasteiger partial charge in [-0.05, 0) is 118 Å². The molecule has 0 fully saturated rings. The van der Waals surface area contributed by atoms with Crippen molar-refractivity contribution in [3.8, 4) is 0 Å². The first kappa shape index (κ1) is 76.9. The van der Waals surface area contributed by atoms with Crippen molar-refractivity contribution in [2.45, 2.75) is 320 Å².